The summed E-state index contributed by atoms with van der Waals surface area (Å²) in [5, 5.41) is 11.2. The lowest BCUT2D eigenvalue weighted by atomic mass is 10.2. The summed E-state index contributed by atoms with van der Waals surface area (Å²) in [7, 11) is 2.84. The van der Waals surface area contributed by atoms with Gasteiger partial charge in [0.05, 0.1) is 32.5 Å². The lowest BCUT2D eigenvalue weighted by Gasteiger charge is -2.15. The van der Waals surface area contributed by atoms with Crippen LogP contribution in [-0.2, 0) is 9.59 Å². The van der Waals surface area contributed by atoms with Crippen LogP contribution in [0.15, 0.2) is 34.5 Å². The molecule has 178 valence electrons. The van der Waals surface area contributed by atoms with E-state index in [0.29, 0.717) is 36.1 Å². The van der Waals surface area contributed by atoms with Crippen LogP contribution in [0.1, 0.15) is 20.8 Å². The maximum absolute atomic E-state index is 12.9. The third-order valence-corrected chi connectivity index (χ3v) is 4.92. The average Bonchev–Trinajstić information content (AvgIpc) is 2.77. The zero-order valence-corrected chi connectivity index (χ0v) is 20.4. The maximum Gasteiger partial charge on any atom is 0.258 e. The fraction of sp³-hybridized carbons (Fsp3) is 0.364. The van der Waals surface area contributed by atoms with Gasteiger partial charge in [-0.2, -0.15) is 5.11 Å². The molecule has 0 saturated carbocycles. The number of Topliss-reactive ketones (excluding diaryl/α,β-unsaturated/α-hetero) is 1. The van der Waals surface area contributed by atoms with E-state index in [1.54, 1.807) is 26.0 Å². The monoisotopic (exact) mass is 497 g/mol. The van der Waals surface area contributed by atoms with Gasteiger partial charge in [-0.15, -0.1) is 5.11 Å². The largest absolute Gasteiger partial charge is 0.494 e. The van der Waals surface area contributed by atoms with Gasteiger partial charge < -0.3 is 24.3 Å². The van der Waals surface area contributed by atoms with E-state index in [-0.39, 0.29) is 21.5 Å². The van der Waals surface area contributed by atoms with E-state index in [2.05, 4.69) is 15.5 Å². The number of amides is 1. The molecule has 1 atom stereocenters. The molecule has 1 N–H and O–H groups in total. The second kappa shape index (κ2) is 12.3. The van der Waals surface area contributed by atoms with E-state index in [4.69, 9.17) is 42.1 Å². The van der Waals surface area contributed by atoms with Gasteiger partial charge in [-0.05, 0) is 32.9 Å². The van der Waals surface area contributed by atoms with Gasteiger partial charge in [0.1, 0.15) is 22.3 Å². The summed E-state index contributed by atoms with van der Waals surface area (Å²) >= 11 is 12.4. The number of rotatable bonds is 11. The first-order valence-corrected chi connectivity index (χ1v) is 10.7. The molecule has 1 unspecified atom stereocenters. The second-order valence-electron chi connectivity index (χ2n) is 6.50. The normalized spacial score (nSPS) is 11.7. The number of carbonyl (C=O) groups is 2. The van der Waals surface area contributed by atoms with E-state index < -0.39 is 17.7 Å². The van der Waals surface area contributed by atoms with Crippen LogP contribution < -0.4 is 24.3 Å². The molecule has 0 spiro atoms. The number of halogens is 2. The van der Waals surface area contributed by atoms with Crippen LogP contribution in [0.5, 0.6) is 23.0 Å². The lowest BCUT2D eigenvalue weighted by Crippen LogP contribution is -2.31. The van der Waals surface area contributed by atoms with E-state index >= 15 is 0 Å². The number of anilines is 1. The predicted octanol–water partition coefficient (Wildman–Crippen LogP) is 5.49. The molecule has 0 fully saturated rings. The summed E-state index contributed by atoms with van der Waals surface area (Å²) in [5.41, 5.74) is 0.464. The summed E-state index contributed by atoms with van der Waals surface area (Å²) < 4.78 is 21.5. The summed E-state index contributed by atoms with van der Waals surface area (Å²) in [5.74, 6) is -0.0747. The van der Waals surface area contributed by atoms with Crippen molar-refractivity contribution >= 4 is 46.3 Å². The van der Waals surface area contributed by atoms with Gasteiger partial charge in [0.25, 0.3) is 5.91 Å². The zero-order chi connectivity index (χ0) is 24.5. The number of methoxy groups -OCH3 is 2. The number of carbonyl (C=O) groups excluding carboxylic acids is 2. The van der Waals surface area contributed by atoms with Gasteiger partial charge in [0, 0.05) is 17.8 Å². The van der Waals surface area contributed by atoms with E-state index in [9.17, 15) is 9.59 Å². The molecule has 33 heavy (non-hydrogen) atoms. The van der Waals surface area contributed by atoms with Crippen molar-refractivity contribution in [2.24, 2.45) is 10.2 Å². The second-order valence-corrected chi connectivity index (χ2v) is 7.29. The van der Waals surface area contributed by atoms with Crippen molar-refractivity contribution in [3.8, 4) is 23.0 Å². The number of nitrogens with zero attached hydrogens (tertiary/aromatic N) is 2. The van der Waals surface area contributed by atoms with Crippen LogP contribution in [0.4, 0.5) is 11.4 Å². The van der Waals surface area contributed by atoms with Gasteiger partial charge in [0.2, 0.25) is 6.04 Å². The molecular formula is C22H25Cl2N3O6. The number of hydrogen-bond donors (Lipinski definition) is 1. The number of ketones is 1. The SMILES string of the molecule is CCOc1cc(NC(=O)C(N=Nc2c(OC)ccc(Cl)c2OC)C(C)=O)cc(OCC)c1Cl. The predicted molar refractivity (Wildman–Crippen MR) is 126 cm³/mol. The summed E-state index contributed by atoms with van der Waals surface area (Å²) in [6, 6.07) is 4.76. The summed E-state index contributed by atoms with van der Waals surface area (Å²) in [4.78, 5) is 25.1. The van der Waals surface area contributed by atoms with Crippen molar-refractivity contribution in [1.29, 1.82) is 0 Å². The Morgan fingerprint density at radius 1 is 1.00 bits per heavy atom. The number of azo groups is 1. The Bertz CT molecular complexity index is 1020. The molecule has 0 radical (unpaired) electrons. The highest BCUT2D eigenvalue weighted by molar-refractivity contribution is 6.33. The molecule has 0 aliphatic carbocycles. The van der Waals surface area contributed by atoms with Crippen LogP contribution in [0.25, 0.3) is 0 Å². The minimum atomic E-state index is -1.44. The number of ether oxygens (including phenoxy) is 4. The van der Waals surface area contributed by atoms with Gasteiger partial charge in [-0.3, -0.25) is 9.59 Å². The first-order valence-electron chi connectivity index (χ1n) is 9.99. The van der Waals surface area contributed by atoms with Crippen LogP contribution in [0.2, 0.25) is 10.0 Å². The van der Waals surface area contributed by atoms with E-state index in [1.807, 2.05) is 0 Å². The molecule has 2 aromatic rings. The Morgan fingerprint density at radius 3 is 2.09 bits per heavy atom. The molecule has 2 rings (SSSR count). The Hall–Kier alpha value is -3.04. The van der Waals surface area contributed by atoms with Crippen molar-refractivity contribution in [3.05, 3.63) is 34.3 Å². The molecular weight excluding hydrogens is 473 g/mol. The fourth-order valence-corrected chi connectivity index (χ4v) is 3.24. The molecule has 0 heterocycles. The Morgan fingerprint density at radius 2 is 1.61 bits per heavy atom. The molecule has 0 aliphatic heterocycles. The molecule has 0 aromatic heterocycles. The topological polar surface area (TPSA) is 108 Å². The summed E-state index contributed by atoms with van der Waals surface area (Å²) in [6.45, 7) is 5.54. The smallest absolute Gasteiger partial charge is 0.258 e. The molecule has 0 bridgehead atoms. The first-order chi connectivity index (χ1) is 15.8. The molecule has 2 aromatic carbocycles. The third kappa shape index (κ3) is 6.49. The molecule has 1 amide bonds. The summed E-state index contributed by atoms with van der Waals surface area (Å²) in [6.07, 6.45) is 0. The minimum Gasteiger partial charge on any atom is -0.494 e. The molecule has 11 heteroatoms. The highest BCUT2D eigenvalue weighted by atomic mass is 35.5. The van der Waals surface area contributed by atoms with E-state index in [1.165, 1.54) is 33.3 Å². The van der Waals surface area contributed by atoms with Crippen molar-refractivity contribution < 1.29 is 28.5 Å². The molecule has 0 saturated heterocycles. The maximum atomic E-state index is 12.9. The number of nitrogens with one attached hydrogen (secondary N) is 1. The Kier molecular flexibility index (Phi) is 9.74. The lowest BCUT2D eigenvalue weighted by molar-refractivity contribution is -0.126. The zero-order valence-electron chi connectivity index (χ0n) is 18.9. The molecule has 9 nitrogen and oxygen atoms in total. The van der Waals surface area contributed by atoms with E-state index in [0.717, 1.165) is 0 Å². The first kappa shape index (κ1) is 26.2. The Balaban J connectivity index is 2.38. The molecule has 0 aliphatic rings. The van der Waals surface area contributed by atoms with Gasteiger partial charge >= 0.3 is 0 Å². The van der Waals surface area contributed by atoms with Crippen LogP contribution in [-0.4, -0.2) is 45.2 Å². The standard InChI is InChI=1S/C22H25Cl2N3O6/c1-6-32-16-10-13(11-17(18(16)24)33-7-2)25-22(29)19(12(3)28)26-27-20-15(30-4)9-8-14(23)21(20)31-5/h8-11,19H,6-7H2,1-5H3,(H,25,29). The van der Waals surface area contributed by atoms with Gasteiger partial charge in [0.15, 0.2) is 17.2 Å². The van der Waals surface area contributed by atoms with Crippen LogP contribution in [0.3, 0.4) is 0 Å². The third-order valence-electron chi connectivity index (χ3n) is 4.25. The Labute approximate surface area is 202 Å². The van der Waals surface area contributed by atoms with Crippen molar-refractivity contribution in [2.45, 2.75) is 26.8 Å². The van der Waals surface area contributed by atoms with Crippen LogP contribution >= 0.6 is 23.2 Å². The number of benzene rings is 2. The van der Waals surface area contributed by atoms with Gasteiger partial charge in [-0.1, -0.05) is 23.2 Å². The van der Waals surface area contributed by atoms with Crippen LogP contribution in [0, 0.1) is 0 Å². The van der Waals surface area contributed by atoms with Gasteiger partial charge in [-0.25, -0.2) is 0 Å². The quantitative estimate of drug-likeness (QED) is 0.324. The van der Waals surface area contributed by atoms with Crippen molar-refractivity contribution in [2.75, 3.05) is 32.8 Å². The number of hydrogen-bond acceptors (Lipinski definition) is 8. The highest BCUT2D eigenvalue weighted by Gasteiger charge is 2.25. The highest BCUT2D eigenvalue weighted by Crippen LogP contribution is 2.43. The van der Waals surface area contributed by atoms with Crippen molar-refractivity contribution in [3.63, 3.8) is 0 Å². The van der Waals surface area contributed by atoms with Crippen molar-refractivity contribution in [1.82, 2.24) is 0 Å². The average molecular weight is 498 g/mol. The fourth-order valence-electron chi connectivity index (χ4n) is 2.79. The minimum absolute atomic E-state index is 0.148.